The van der Waals surface area contributed by atoms with Crippen molar-refractivity contribution in [2.24, 2.45) is 0 Å². The molecule has 0 aromatic carbocycles. The van der Waals surface area contributed by atoms with E-state index in [1.807, 2.05) is 38.2 Å². The maximum atomic E-state index is 12.2. The summed E-state index contributed by atoms with van der Waals surface area (Å²) in [5.74, 6) is -1.75. The van der Waals surface area contributed by atoms with Gasteiger partial charge >= 0.3 is 11.9 Å². The van der Waals surface area contributed by atoms with E-state index in [1.165, 1.54) is 26.0 Å². The highest BCUT2D eigenvalue weighted by Gasteiger charge is 2.45. The van der Waals surface area contributed by atoms with Crippen LogP contribution in [-0.2, 0) is 19.1 Å². The number of aliphatic hydroxyl groups is 4. The Balaban J connectivity index is 2.64. The van der Waals surface area contributed by atoms with E-state index >= 15 is 0 Å². The number of allylic oxidation sites excluding steroid dienone is 12. The van der Waals surface area contributed by atoms with Gasteiger partial charge in [-0.05, 0) is 27.7 Å². The van der Waals surface area contributed by atoms with E-state index in [1.54, 1.807) is 24.3 Å². The molecular weight excluding hydrogens is 456 g/mol. The molecule has 0 radical (unpaired) electrons. The first-order valence-corrected chi connectivity index (χ1v) is 10.9. The van der Waals surface area contributed by atoms with Crippen LogP contribution in [0.25, 0.3) is 0 Å². The quantitative estimate of drug-likeness (QED) is 0.175. The Hall–Kier alpha value is -3.08. The van der Waals surface area contributed by atoms with Gasteiger partial charge in [-0.15, -0.1) is 0 Å². The highest BCUT2D eigenvalue weighted by atomic mass is 16.7. The van der Waals surface area contributed by atoms with Gasteiger partial charge in [0.1, 0.15) is 24.4 Å². The van der Waals surface area contributed by atoms with E-state index in [-0.39, 0.29) is 11.1 Å². The van der Waals surface area contributed by atoms with Crippen molar-refractivity contribution in [3.8, 4) is 0 Å². The lowest BCUT2D eigenvalue weighted by Crippen LogP contribution is -2.59. The van der Waals surface area contributed by atoms with Crippen molar-refractivity contribution in [3.63, 3.8) is 0 Å². The van der Waals surface area contributed by atoms with E-state index in [9.17, 15) is 30.0 Å². The smallest absolute Gasteiger partial charge is 0.336 e. The van der Waals surface area contributed by atoms with E-state index in [2.05, 4.69) is 0 Å². The summed E-state index contributed by atoms with van der Waals surface area (Å²) in [5, 5.41) is 47.5. The molecule has 5 N–H and O–H groups in total. The largest absolute Gasteiger partial charge is 0.478 e. The van der Waals surface area contributed by atoms with Crippen molar-refractivity contribution in [2.45, 2.75) is 58.4 Å². The summed E-state index contributed by atoms with van der Waals surface area (Å²) in [6, 6.07) is 0. The molecule has 3 unspecified atom stereocenters. The maximum Gasteiger partial charge on any atom is 0.336 e. The van der Waals surface area contributed by atoms with Gasteiger partial charge in [0.2, 0.25) is 6.29 Å². The molecule has 0 saturated carbocycles. The molecule has 0 aromatic heterocycles. The third kappa shape index (κ3) is 10.4. The molecule has 0 aromatic rings. The van der Waals surface area contributed by atoms with Gasteiger partial charge in [0.05, 0.1) is 6.61 Å². The Kier molecular flexibility index (Phi) is 12.9. The summed E-state index contributed by atoms with van der Waals surface area (Å²) in [4.78, 5) is 23.0. The Bertz CT molecular complexity index is 948. The number of ether oxygens (including phenoxy) is 2. The molecule has 5 atom stereocenters. The van der Waals surface area contributed by atoms with Crippen molar-refractivity contribution in [3.05, 3.63) is 83.1 Å². The van der Waals surface area contributed by atoms with Crippen molar-refractivity contribution in [1.82, 2.24) is 0 Å². The molecule has 9 nitrogen and oxygen atoms in total. The van der Waals surface area contributed by atoms with E-state index in [0.717, 1.165) is 11.1 Å². The van der Waals surface area contributed by atoms with Gasteiger partial charge in [0.15, 0.2) is 0 Å². The zero-order chi connectivity index (χ0) is 26.5. The van der Waals surface area contributed by atoms with Gasteiger partial charge in [-0.1, -0.05) is 71.9 Å². The number of carbonyl (C=O) groups excluding carboxylic acids is 1. The molecule has 1 rings (SSSR count). The number of carboxylic acid groups (broad SMARTS) is 1. The summed E-state index contributed by atoms with van der Waals surface area (Å²) >= 11 is 0. The Labute approximate surface area is 205 Å². The second-order valence-corrected chi connectivity index (χ2v) is 8.03. The number of rotatable bonds is 10. The summed E-state index contributed by atoms with van der Waals surface area (Å²) in [6.45, 7) is 6.16. The van der Waals surface area contributed by atoms with E-state index in [0.29, 0.717) is 0 Å². The first kappa shape index (κ1) is 30.0. The lowest BCUT2D eigenvalue weighted by atomic mass is 9.99. The number of hydrogen-bond donors (Lipinski definition) is 5. The molecule has 1 fully saturated rings. The molecule has 0 bridgehead atoms. The molecule has 9 heteroatoms. The third-order valence-corrected chi connectivity index (χ3v) is 4.97. The average Bonchev–Trinajstić information content (AvgIpc) is 2.81. The molecule has 1 saturated heterocycles. The van der Waals surface area contributed by atoms with Crippen molar-refractivity contribution in [2.75, 3.05) is 6.61 Å². The highest BCUT2D eigenvalue weighted by molar-refractivity contribution is 5.88. The van der Waals surface area contributed by atoms with Crippen LogP contribution in [0.2, 0.25) is 0 Å². The zero-order valence-corrected chi connectivity index (χ0v) is 20.2. The Morgan fingerprint density at radius 2 is 1.29 bits per heavy atom. The van der Waals surface area contributed by atoms with Gasteiger partial charge in [0.25, 0.3) is 0 Å². The lowest BCUT2D eigenvalue weighted by Gasteiger charge is -2.39. The number of carboxylic acids is 1. The van der Waals surface area contributed by atoms with Gasteiger partial charge in [0, 0.05) is 11.1 Å². The minimum atomic E-state index is -1.66. The van der Waals surface area contributed by atoms with Crippen LogP contribution in [0.5, 0.6) is 0 Å². The summed E-state index contributed by atoms with van der Waals surface area (Å²) in [7, 11) is 0. The van der Waals surface area contributed by atoms with E-state index in [4.69, 9.17) is 14.6 Å². The monoisotopic (exact) mass is 490 g/mol. The molecule has 1 heterocycles. The van der Waals surface area contributed by atoms with E-state index < -0.39 is 49.3 Å². The van der Waals surface area contributed by atoms with Crippen LogP contribution < -0.4 is 0 Å². The summed E-state index contributed by atoms with van der Waals surface area (Å²) in [6.07, 6.45) is 9.79. The fraction of sp³-hybridized carbons (Fsp3) is 0.385. The maximum absolute atomic E-state index is 12.2. The Morgan fingerprint density at radius 1 is 0.771 bits per heavy atom. The molecule has 0 amide bonds. The second-order valence-electron chi connectivity index (χ2n) is 8.03. The first-order valence-electron chi connectivity index (χ1n) is 10.9. The molecule has 1 aliphatic heterocycles. The van der Waals surface area contributed by atoms with Gasteiger partial charge < -0.3 is 35.0 Å². The lowest BCUT2D eigenvalue weighted by molar-refractivity contribution is -0.291. The van der Waals surface area contributed by atoms with Gasteiger partial charge in [-0.2, -0.15) is 0 Å². The van der Waals surface area contributed by atoms with Crippen molar-refractivity contribution < 1.29 is 44.6 Å². The van der Waals surface area contributed by atoms with Gasteiger partial charge in [-0.3, -0.25) is 0 Å². The third-order valence-electron chi connectivity index (χ3n) is 4.97. The predicted octanol–water partition coefficient (Wildman–Crippen LogP) is 1.87. The minimum Gasteiger partial charge on any atom is -0.478 e. The van der Waals surface area contributed by atoms with Crippen LogP contribution in [0.1, 0.15) is 27.7 Å². The summed E-state index contributed by atoms with van der Waals surface area (Å²) in [5.41, 5.74) is 2.29. The number of hydrogen-bond acceptors (Lipinski definition) is 8. The average molecular weight is 491 g/mol. The van der Waals surface area contributed by atoms with Crippen LogP contribution in [0.4, 0.5) is 0 Å². The molecular formula is C26H34O9. The van der Waals surface area contributed by atoms with Crippen LogP contribution in [-0.4, -0.2) is 74.8 Å². The number of carbonyl (C=O) groups is 2. The van der Waals surface area contributed by atoms with Crippen molar-refractivity contribution >= 4 is 11.9 Å². The second kappa shape index (κ2) is 15.0. The standard InChI is InChI=1S/C26H34O9/c1-16(11-7-13-18(3)24(31)32)9-5-6-10-17(2)12-8-14-19(4)25(33)35-26-23(30)22(29)21(28)20(15-27)34-26/h5-14,20-23,26-30H,15H2,1-4H3,(H,31,32)/b6-5+,11-7+,12-8+,16-9+,17-10+,18-13+,19-14+/t20?,21-,22?,23?,26+/m1/s1. The normalized spacial score (nSPS) is 27.3. The van der Waals surface area contributed by atoms with Crippen LogP contribution in [0, 0.1) is 0 Å². The SMILES string of the molecule is CC(/C=C/C=C(\C)C(=O)O)=C\C=C\C=C(C)\C=C\C=C(/C)C(=O)O[C@@H]1OC(CO)[C@@H](O)C(O)C1O. The van der Waals surface area contributed by atoms with Crippen LogP contribution in [0.3, 0.4) is 0 Å². The summed E-state index contributed by atoms with van der Waals surface area (Å²) < 4.78 is 10.2. The molecule has 0 spiro atoms. The molecule has 35 heavy (non-hydrogen) atoms. The highest BCUT2D eigenvalue weighted by Crippen LogP contribution is 2.22. The predicted molar refractivity (Wildman–Crippen MR) is 130 cm³/mol. The fourth-order valence-electron chi connectivity index (χ4n) is 2.72. The fourth-order valence-corrected chi connectivity index (χ4v) is 2.72. The molecule has 1 aliphatic rings. The zero-order valence-electron chi connectivity index (χ0n) is 20.2. The van der Waals surface area contributed by atoms with Crippen LogP contribution >= 0.6 is 0 Å². The van der Waals surface area contributed by atoms with Crippen LogP contribution in [0.15, 0.2) is 83.1 Å². The number of esters is 1. The minimum absolute atomic E-state index is 0.207. The Morgan fingerprint density at radius 3 is 1.77 bits per heavy atom. The topological polar surface area (TPSA) is 154 Å². The molecule has 0 aliphatic carbocycles. The number of aliphatic carboxylic acids is 1. The molecule has 192 valence electrons. The van der Waals surface area contributed by atoms with Crippen molar-refractivity contribution in [1.29, 1.82) is 0 Å². The van der Waals surface area contributed by atoms with Gasteiger partial charge in [-0.25, -0.2) is 9.59 Å². The first-order chi connectivity index (χ1) is 16.5. The number of aliphatic hydroxyl groups excluding tert-OH is 4.